The van der Waals surface area contributed by atoms with E-state index in [1.165, 1.54) is 12.1 Å². The van der Waals surface area contributed by atoms with Crippen LogP contribution in [0.25, 0.3) is 10.9 Å². The third-order valence-electron chi connectivity index (χ3n) is 2.11. The van der Waals surface area contributed by atoms with Gasteiger partial charge in [0.05, 0.1) is 9.09 Å². The molecule has 2 aromatic rings. The van der Waals surface area contributed by atoms with Gasteiger partial charge >= 0.3 is 0 Å². The molecule has 0 fully saturated rings. The van der Waals surface area contributed by atoms with Gasteiger partial charge in [-0.05, 0) is 40.8 Å². The molecule has 0 spiro atoms. The van der Waals surface area contributed by atoms with Crippen LogP contribution in [0, 0.1) is 9.39 Å². The normalized spacial score (nSPS) is 10.8. The molecule has 14 heavy (non-hydrogen) atoms. The van der Waals surface area contributed by atoms with Crippen LogP contribution in [0.4, 0.5) is 4.39 Å². The number of aromatic nitrogens is 1. The molecule has 1 heterocycles. The molecule has 0 unspecified atom stereocenters. The topological polar surface area (TPSA) is 22.0 Å². The Labute approximate surface area is 93.5 Å². The summed E-state index contributed by atoms with van der Waals surface area (Å²) in [5, 5.41) is 0.430. The lowest BCUT2D eigenvalue weighted by molar-refractivity contribution is 0.629. The van der Waals surface area contributed by atoms with E-state index in [-0.39, 0.29) is 11.2 Å². The van der Waals surface area contributed by atoms with E-state index < -0.39 is 0 Å². The van der Waals surface area contributed by atoms with Gasteiger partial charge in [0.15, 0.2) is 0 Å². The van der Waals surface area contributed by atoms with Crippen molar-refractivity contribution in [1.29, 1.82) is 0 Å². The van der Waals surface area contributed by atoms with Crippen molar-refractivity contribution in [3.8, 4) is 0 Å². The third kappa shape index (κ3) is 1.43. The van der Waals surface area contributed by atoms with Gasteiger partial charge in [0, 0.05) is 18.6 Å². The maximum absolute atomic E-state index is 12.9. The van der Waals surface area contributed by atoms with E-state index in [4.69, 9.17) is 0 Å². The molecule has 0 atom stereocenters. The van der Waals surface area contributed by atoms with Gasteiger partial charge in [-0.1, -0.05) is 0 Å². The summed E-state index contributed by atoms with van der Waals surface area (Å²) in [5.41, 5.74) is 0.634. The number of benzene rings is 1. The average molecular weight is 303 g/mol. The molecule has 2 nitrogen and oxygen atoms in total. The summed E-state index contributed by atoms with van der Waals surface area (Å²) in [6.45, 7) is 0. The van der Waals surface area contributed by atoms with Gasteiger partial charge in [-0.2, -0.15) is 0 Å². The maximum atomic E-state index is 12.9. The number of nitrogens with zero attached hydrogens (tertiary/aromatic N) is 1. The average Bonchev–Trinajstić information content (AvgIpc) is 2.14. The van der Waals surface area contributed by atoms with Crippen LogP contribution in [-0.4, -0.2) is 4.57 Å². The molecule has 72 valence electrons. The third-order valence-corrected chi connectivity index (χ3v) is 2.88. The standard InChI is InChI=1S/C10H7FINO/c1-13-5-8(12)10(14)7-4-6(11)2-3-9(7)13/h2-5H,1H3. The number of rotatable bonds is 0. The zero-order chi connectivity index (χ0) is 10.3. The van der Waals surface area contributed by atoms with Crippen molar-refractivity contribution in [2.24, 2.45) is 7.05 Å². The molecular formula is C10H7FINO. The molecule has 1 aromatic heterocycles. The molecule has 0 aliphatic carbocycles. The first-order valence-corrected chi connectivity index (χ1v) is 5.12. The molecule has 0 N–H and O–H groups in total. The summed E-state index contributed by atoms with van der Waals surface area (Å²) in [5.74, 6) is -0.378. The Bertz CT molecular complexity index is 562. The van der Waals surface area contributed by atoms with Crippen LogP contribution in [0.2, 0.25) is 0 Å². The van der Waals surface area contributed by atoms with Crippen molar-refractivity contribution in [3.05, 3.63) is 44.0 Å². The molecule has 0 aliphatic heterocycles. The van der Waals surface area contributed by atoms with E-state index in [1.54, 1.807) is 12.3 Å². The van der Waals surface area contributed by atoms with Crippen molar-refractivity contribution >= 4 is 33.5 Å². The van der Waals surface area contributed by atoms with Gasteiger partial charge in [-0.15, -0.1) is 0 Å². The van der Waals surface area contributed by atoms with Crippen molar-refractivity contribution in [2.45, 2.75) is 0 Å². The number of hydrogen-bond acceptors (Lipinski definition) is 1. The first kappa shape index (κ1) is 9.64. The minimum absolute atomic E-state index is 0.113. The summed E-state index contributed by atoms with van der Waals surface area (Å²) in [6.07, 6.45) is 1.74. The summed E-state index contributed by atoms with van der Waals surface area (Å²) in [7, 11) is 1.84. The first-order chi connectivity index (χ1) is 6.59. The Morgan fingerprint density at radius 3 is 2.86 bits per heavy atom. The number of halogens is 2. The molecule has 0 bridgehead atoms. The fourth-order valence-electron chi connectivity index (χ4n) is 1.42. The predicted molar refractivity (Wildman–Crippen MR) is 61.9 cm³/mol. The van der Waals surface area contributed by atoms with E-state index in [0.29, 0.717) is 8.96 Å². The summed E-state index contributed by atoms with van der Waals surface area (Å²) in [4.78, 5) is 11.6. The van der Waals surface area contributed by atoms with Gasteiger partial charge in [-0.25, -0.2) is 4.39 Å². The largest absolute Gasteiger partial charge is 0.349 e. The van der Waals surface area contributed by atoms with Crippen LogP contribution in [-0.2, 0) is 7.05 Å². The number of hydrogen-bond donors (Lipinski definition) is 0. The SMILES string of the molecule is Cn1cc(I)c(=O)c2cc(F)ccc21. The van der Waals surface area contributed by atoms with Crippen LogP contribution in [0.3, 0.4) is 0 Å². The predicted octanol–water partition coefficient (Wildman–Crippen LogP) is 2.28. The Hall–Kier alpha value is -0.910. The van der Waals surface area contributed by atoms with Crippen molar-refractivity contribution in [2.75, 3.05) is 0 Å². The second kappa shape index (κ2) is 3.34. The van der Waals surface area contributed by atoms with Crippen LogP contribution in [0.15, 0.2) is 29.2 Å². The fraction of sp³-hybridized carbons (Fsp3) is 0.100. The smallest absolute Gasteiger partial charge is 0.202 e. The van der Waals surface area contributed by atoms with E-state index in [0.717, 1.165) is 5.52 Å². The van der Waals surface area contributed by atoms with Crippen LogP contribution in [0.5, 0.6) is 0 Å². The van der Waals surface area contributed by atoms with Crippen LogP contribution >= 0.6 is 22.6 Å². The lowest BCUT2D eigenvalue weighted by atomic mass is 10.2. The van der Waals surface area contributed by atoms with Gasteiger partial charge in [0.2, 0.25) is 5.43 Å². The number of fused-ring (bicyclic) bond motifs is 1. The van der Waals surface area contributed by atoms with Crippen molar-refractivity contribution < 1.29 is 4.39 Å². The van der Waals surface area contributed by atoms with E-state index in [1.807, 2.05) is 34.2 Å². The van der Waals surface area contributed by atoms with Crippen LogP contribution < -0.4 is 5.43 Å². The second-order valence-electron chi connectivity index (χ2n) is 3.08. The Morgan fingerprint density at radius 1 is 1.43 bits per heavy atom. The monoisotopic (exact) mass is 303 g/mol. The van der Waals surface area contributed by atoms with E-state index in [2.05, 4.69) is 0 Å². The minimum Gasteiger partial charge on any atom is -0.349 e. The van der Waals surface area contributed by atoms with Gasteiger partial charge in [-0.3, -0.25) is 4.79 Å². The minimum atomic E-state index is -0.378. The molecule has 1 aromatic carbocycles. The quantitative estimate of drug-likeness (QED) is 0.684. The zero-order valence-corrected chi connectivity index (χ0v) is 9.58. The fourth-order valence-corrected chi connectivity index (χ4v) is 2.13. The highest BCUT2D eigenvalue weighted by atomic mass is 127. The highest BCUT2D eigenvalue weighted by Gasteiger charge is 2.05. The molecule has 2 rings (SSSR count). The van der Waals surface area contributed by atoms with Gasteiger partial charge < -0.3 is 4.57 Å². The Kier molecular flexibility index (Phi) is 2.30. The lowest BCUT2D eigenvalue weighted by Gasteiger charge is -2.05. The summed E-state index contributed by atoms with van der Waals surface area (Å²) in [6, 6.07) is 4.25. The Morgan fingerprint density at radius 2 is 2.14 bits per heavy atom. The molecule has 0 radical (unpaired) electrons. The molecular weight excluding hydrogens is 296 g/mol. The molecule has 0 saturated heterocycles. The maximum Gasteiger partial charge on any atom is 0.202 e. The van der Waals surface area contributed by atoms with E-state index >= 15 is 0 Å². The molecule has 4 heteroatoms. The molecule has 0 aliphatic rings. The number of aryl methyl sites for hydroxylation is 1. The number of pyridine rings is 1. The van der Waals surface area contributed by atoms with Crippen LogP contribution in [0.1, 0.15) is 0 Å². The van der Waals surface area contributed by atoms with Gasteiger partial charge in [0.25, 0.3) is 0 Å². The van der Waals surface area contributed by atoms with Crippen molar-refractivity contribution in [3.63, 3.8) is 0 Å². The zero-order valence-electron chi connectivity index (χ0n) is 7.42. The van der Waals surface area contributed by atoms with E-state index in [9.17, 15) is 9.18 Å². The van der Waals surface area contributed by atoms with Gasteiger partial charge in [0.1, 0.15) is 5.82 Å². The molecule has 0 saturated carbocycles. The Balaban J connectivity index is 3.03. The summed E-state index contributed by atoms with van der Waals surface area (Å²) < 4.78 is 15.3. The first-order valence-electron chi connectivity index (χ1n) is 4.04. The highest BCUT2D eigenvalue weighted by Crippen LogP contribution is 2.13. The molecule has 0 amide bonds. The second-order valence-corrected chi connectivity index (χ2v) is 4.24. The summed E-state index contributed by atoms with van der Waals surface area (Å²) >= 11 is 1.95. The van der Waals surface area contributed by atoms with Crippen molar-refractivity contribution in [1.82, 2.24) is 4.57 Å². The highest BCUT2D eigenvalue weighted by molar-refractivity contribution is 14.1. The lowest BCUT2D eigenvalue weighted by Crippen LogP contribution is -2.10.